The van der Waals surface area contributed by atoms with Crippen molar-refractivity contribution in [2.75, 3.05) is 0 Å². The minimum Gasteiger partial charge on any atom is -0.259 e. The first-order valence-corrected chi connectivity index (χ1v) is 2.76. The van der Waals surface area contributed by atoms with E-state index in [-0.39, 0.29) is 0 Å². The predicted molar refractivity (Wildman–Crippen MR) is 34.2 cm³/mol. The summed E-state index contributed by atoms with van der Waals surface area (Å²) >= 11 is 2.95. The molecule has 0 saturated carbocycles. The maximum atomic E-state index is 9.54. The second kappa shape index (κ2) is 4.52. The van der Waals surface area contributed by atoms with Gasteiger partial charge in [0.15, 0.2) is 0 Å². The van der Waals surface area contributed by atoms with Crippen molar-refractivity contribution in [3.8, 4) is 0 Å². The van der Waals surface area contributed by atoms with Gasteiger partial charge in [-0.2, -0.15) is 0 Å². The van der Waals surface area contributed by atoms with E-state index in [0.717, 1.165) is 6.20 Å². The van der Waals surface area contributed by atoms with Gasteiger partial charge in [-0.3, -0.25) is 10.1 Å². The van der Waals surface area contributed by atoms with E-state index in [2.05, 4.69) is 15.9 Å². The van der Waals surface area contributed by atoms with Crippen LogP contribution in [0.1, 0.15) is 0 Å². The van der Waals surface area contributed by atoms with Gasteiger partial charge in [0.1, 0.15) is 0 Å². The molecule has 0 fully saturated rings. The molecule has 0 N–H and O–H groups in total. The van der Waals surface area contributed by atoms with Gasteiger partial charge in [0.2, 0.25) is 6.20 Å². The number of hydrogen-bond acceptors (Lipinski definition) is 2. The summed E-state index contributed by atoms with van der Waals surface area (Å²) in [5.41, 5.74) is 0. The minimum atomic E-state index is -0.521. The highest BCUT2D eigenvalue weighted by Gasteiger charge is 1.76. The molecule has 0 aliphatic rings. The van der Waals surface area contributed by atoms with Gasteiger partial charge in [-0.15, -0.1) is 0 Å². The predicted octanol–water partition coefficient (Wildman–Crippen LogP) is 1.69. The number of nitrogens with zero attached hydrogens (tertiary/aromatic N) is 1. The van der Waals surface area contributed by atoms with E-state index in [9.17, 15) is 10.1 Å². The highest BCUT2D eigenvalue weighted by molar-refractivity contribution is 9.11. The molecular formula is C4H4BrNO2. The first kappa shape index (κ1) is 7.36. The van der Waals surface area contributed by atoms with Gasteiger partial charge >= 0.3 is 0 Å². The summed E-state index contributed by atoms with van der Waals surface area (Å²) < 4.78 is 0. The Morgan fingerprint density at radius 2 is 2.12 bits per heavy atom. The number of hydrogen-bond donors (Lipinski definition) is 0. The van der Waals surface area contributed by atoms with Crippen molar-refractivity contribution >= 4 is 15.9 Å². The SMILES string of the molecule is O=[N+]([O-])/C=C/C=C/Br. The maximum absolute atomic E-state index is 9.54. The summed E-state index contributed by atoms with van der Waals surface area (Å²) in [6, 6.07) is 0. The Labute approximate surface area is 55.0 Å². The molecule has 8 heavy (non-hydrogen) atoms. The normalized spacial score (nSPS) is 11.1. The molecular weight excluding hydrogens is 174 g/mol. The molecule has 0 saturated heterocycles. The van der Waals surface area contributed by atoms with Crippen LogP contribution in [0.15, 0.2) is 23.3 Å². The number of allylic oxidation sites excluding steroid dienone is 2. The lowest BCUT2D eigenvalue weighted by atomic mass is 10.6. The zero-order valence-corrected chi connectivity index (χ0v) is 5.54. The van der Waals surface area contributed by atoms with Crippen molar-refractivity contribution in [2.45, 2.75) is 0 Å². The van der Waals surface area contributed by atoms with E-state index in [0.29, 0.717) is 0 Å². The van der Waals surface area contributed by atoms with Crippen LogP contribution in [0.3, 0.4) is 0 Å². The molecule has 0 aromatic rings. The minimum absolute atomic E-state index is 0.521. The van der Waals surface area contributed by atoms with Gasteiger partial charge in [-0.1, -0.05) is 15.9 Å². The Kier molecular flexibility index (Phi) is 4.16. The highest BCUT2D eigenvalue weighted by Crippen LogP contribution is 1.83. The van der Waals surface area contributed by atoms with Crippen LogP contribution in [0.5, 0.6) is 0 Å². The topological polar surface area (TPSA) is 43.1 Å². The molecule has 3 nitrogen and oxygen atoms in total. The van der Waals surface area contributed by atoms with Crippen molar-refractivity contribution < 1.29 is 4.92 Å². The fraction of sp³-hybridized carbons (Fsp3) is 0. The van der Waals surface area contributed by atoms with Gasteiger partial charge < -0.3 is 0 Å². The lowest BCUT2D eigenvalue weighted by molar-refractivity contribution is -0.402. The fourth-order valence-corrected chi connectivity index (χ4v) is 0.338. The molecule has 0 aromatic heterocycles. The first-order valence-electron chi connectivity index (χ1n) is 1.84. The van der Waals surface area contributed by atoms with Gasteiger partial charge in [-0.25, -0.2) is 0 Å². The smallest absolute Gasteiger partial charge is 0.234 e. The van der Waals surface area contributed by atoms with Crippen LogP contribution in [-0.2, 0) is 0 Å². The Morgan fingerprint density at radius 3 is 2.50 bits per heavy atom. The Bertz CT molecular complexity index is 130. The second-order valence-corrected chi connectivity index (χ2v) is 1.47. The standard InChI is InChI=1S/C4H4BrNO2/c5-3-1-2-4-6(7)8/h1-4H/b3-1+,4-2+. The van der Waals surface area contributed by atoms with Crippen LogP contribution < -0.4 is 0 Å². The molecule has 0 aliphatic heterocycles. The molecule has 0 spiro atoms. The zero-order valence-electron chi connectivity index (χ0n) is 3.95. The van der Waals surface area contributed by atoms with Crippen molar-refractivity contribution in [2.24, 2.45) is 0 Å². The van der Waals surface area contributed by atoms with E-state index in [1.54, 1.807) is 0 Å². The van der Waals surface area contributed by atoms with Gasteiger partial charge in [0.25, 0.3) is 0 Å². The maximum Gasteiger partial charge on any atom is 0.234 e. The monoisotopic (exact) mass is 177 g/mol. The van der Waals surface area contributed by atoms with E-state index in [1.807, 2.05) is 0 Å². The average molecular weight is 178 g/mol. The van der Waals surface area contributed by atoms with E-state index >= 15 is 0 Å². The number of rotatable bonds is 2. The average Bonchev–Trinajstić information content (AvgIpc) is 1.66. The summed E-state index contributed by atoms with van der Waals surface area (Å²) in [5.74, 6) is 0. The van der Waals surface area contributed by atoms with Crippen LogP contribution in [0, 0.1) is 10.1 Å². The molecule has 0 atom stereocenters. The summed E-state index contributed by atoms with van der Waals surface area (Å²) in [6.45, 7) is 0. The third kappa shape index (κ3) is 5.36. The van der Waals surface area contributed by atoms with Crippen molar-refractivity contribution in [1.82, 2.24) is 0 Å². The third-order valence-corrected chi connectivity index (χ3v) is 0.697. The Morgan fingerprint density at radius 1 is 1.50 bits per heavy atom. The van der Waals surface area contributed by atoms with Gasteiger partial charge in [0.05, 0.1) is 4.92 Å². The van der Waals surface area contributed by atoms with Crippen LogP contribution in [0.2, 0.25) is 0 Å². The lowest BCUT2D eigenvalue weighted by Crippen LogP contribution is -1.79. The van der Waals surface area contributed by atoms with Crippen LogP contribution >= 0.6 is 15.9 Å². The van der Waals surface area contributed by atoms with Crippen LogP contribution in [0.4, 0.5) is 0 Å². The molecule has 0 bridgehead atoms. The van der Waals surface area contributed by atoms with Gasteiger partial charge in [-0.05, 0) is 11.1 Å². The molecule has 0 radical (unpaired) electrons. The summed E-state index contributed by atoms with van der Waals surface area (Å²) in [6.07, 6.45) is 3.70. The second-order valence-electron chi connectivity index (χ2n) is 0.945. The van der Waals surface area contributed by atoms with Crippen LogP contribution in [-0.4, -0.2) is 4.92 Å². The fourth-order valence-electron chi connectivity index (χ4n) is 0.162. The molecule has 0 aliphatic carbocycles. The van der Waals surface area contributed by atoms with Crippen molar-refractivity contribution in [3.63, 3.8) is 0 Å². The molecule has 0 amide bonds. The molecule has 0 heterocycles. The summed E-state index contributed by atoms with van der Waals surface area (Å²) in [5, 5.41) is 9.54. The third-order valence-electron chi connectivity index (χ3n) is 0.392. The van der Waals surface area contributed by atoms with Crippen molar-refractivity contribution in [1.29, 1.82) is 0 Å². The molecule has 44 valence electrons. The van der Waals surface area contributed by atoms with Gasteiger partial charge in [0, 0.05) is 6.08 Å². The largest absolute Gasteiger partial charge is 0.259 e. The molecule has 0 aromatic carbocycles. The quantitative estimate of drug-likeness (QED) is 0.366. The summed E-state index contributed by atoms with van der Waals surface area (Å²) in [7, 11) is 0. The first-order chi connectivity index (χ1) is 3.77. The molecule has 0 rings (SSSR count). The molecule has 4 heteroatoms. The summed E-state index contributed by atoms with van der Waals surface area (Å²) in [4.78, 5) is 10.6. The Balaban J connectivity index is 3.50. The number of halogens is 1. The van der Waals surface area contributed by atoms with E-state index < -0.39 is 4.92 Å². The van der Waals surface area contributed by atoms with Crippen LogP contribution in [0.25, 0.3) is 0 Å². The molecule has 0 unspecified atom stereocenters. The Hall–Kier alpha value is -0.640. The number of nitro groups is 1. The van der Waals surface area contributed by atoms with Crippen molar-refractivity contribution in [3.05, 3.63) is 33.5 Å². The van der Waals surface area contributed by atoms with E-state index in [4.69, 9.17) is 0 Å². The zero-order chi connectivity index (χ0) is 6.41. The highest BCUT2D eigenvalue weighted by atomic mass is 79.9. The lowest BCUT2D eigenvalue weighted by Gasteiger charge is -1.71. The van der Waals surface area contributed by atoms with E-state index in [1.165, 1.54) is 17.1 Å².